The summed E-state index contributed by atoms with van der Waals surface area (Å²) in [6, 6.07) is 7.92. The highest BCUT2D eigenvalue weighted by molar-refractivity contribution is 5.95. The fourth-order valence-electron chi connectivity index (χ4n) is 4.15. The molecule has 2 aromatic heterocycles. The van der Waals surface area contributed by atoms with Crippen LogP contribution in [0.5, 0.6) is 0 Å². The summed E-state index contributed by atoms with van der Waals surface area (Å²) in [4.78, 5) is 21.2. The van der Waals surface area contributed by atoms with Crippen molar-refractivity contribution in [1.29, 1.82) is 0 Å². The molecule has 0 bridgehead atoms. The number of carbonyl (C=O) groups excluding carboxylic acids is 1. The van der Waals surface area contributed by atoms with E-state index in [-0.39, 0.29) is 17.9 Å². The molecule has 7 heteroatoms. The van der Waals surface area contributed by atoms with Crippen molar-refractivity contribution in [3.63, 3.8) is 0 Å². The molecule has 3 heterocycles. The number of fused-ring (bicyclic) bond motifs is 1. The summed E-state index contributed by atoms with van der Waals surface area (Å²) < 4.78 is 11.4. The zero-order valence-electron chi connectivity index (χ0n) is 16.4. The molecule has 3 aromatic rings. The highest BCUT2D eigenvalue weighted by Crippen LogP contribution is 2.38. The summed E-state index contributed by atoms with van der Waals surface area (Å²) in [6.07, 6.45) is 5.50. The molecule has 1 aliphatic heterocycles. The average molecular weight is 392 g/mol. The van der Waals surface area contributed by atoms with E-state index in [9.17, 15) is 4.79 Å². The maximum absolute atomic E-state index is 12.6. The van der Waals surface area contributed by atoms with Gasteiger partial charge in [0.05, 0.1) is 18.9 Å². The van der Waals surface area contributed by atoms with Crippen molar-refractivity contribution in [1.82, 2.24) is 15.3 Å². The van der Waals surface area contributed by atoms with Crippen LogP contribution in [0, 0.1) is 18.8 Å². The Morgan fingerprint density at radius 1 is 1.17 bits per heavy atom. The number of rotatable bonds is 4. The van der Waals surface area contributed by atoms with Crippen molar-refractivity contribution in [2.75, 3.05) is 25.0 Å². The number of aryl methyl sites for hydroxylation is 1. The van der Waals surface area contributed by atoms with Crippen LogP contribution >= 0.6 is 0 Å². The van der Waals surface area contributed by atoms with Crippen LogP contribution < -0.4 is 10.6 Å². The second-order valence-corrected chi connectivity index (χ2v) is 7.91. The number of nitrogens with zero attached hydrogens (tertiary/aromatic N) is 2. The molecule has 1 saturated heterocycles. The summed E-state index contributed by atoms with van der Waals surface area (Å²) in [5.74, 6) is 2.48. The molecular formula is C22H24N4O3. The molecule has 2 aliphatic rings. The van der Waals surface area contributed by atoms with E-state index in [2.05, 4.69) is 20.6 Å². The van der Waals surface area contributed by atoms with Crippen molar-refractivity contribution >= 4 is 22.5 Å². The average Bonchev–Trinajstić information content (AvgIpc) is 3.13. The molecule has 1 atom stereocenters. The Labute approximate surface area is 168 Å². The molecule has 2 fully saturated rings. The van der Waals surface area contributed by atoms with Crippen molar-refractivity contribution in [3.05, 3.63) is 42.5 Å². The lowest BCUT2D eigenvalue weighted by atomic mass is 9.71. The first-order valence-corrected chi connectivity index (χ1v) is 10.1. The van der Waals surface area contributed by atoms with Crippen molar-refractivity contribution in [2.45, 2.75) is 25.9 Å². The van der Waals surface area contributed by atoms with E-state index in [1.807, 2.05) is 31.2 Å². The Morgan fingerprint density at radius 2 is 2.07 bits per heavy atom. The number of pyridine rings is 1. The van der Waals surface area contributed by atoms with E-state index in [4.69, 9.17) is 9.15 Å². The van der Waals surface area contributed by atoms with E-state index in [1.165, 1.54) is 0 Å². The van der Waals surface area contributed by atoms with Crippen molar-refractivity contribution in [3.8, 4) is 11.3 Å². The molecule has 0 radical (unpaired) electrons. The summed E-state index contributed by atoms with van der Waals surface area (Å²) in [5.41, 5.74) is 0.949. The molecule has 2 N–H and O–H groups in total. The molecule has 1 saturated carbocycles. The molecule has 150 valence electrons. The summed E-state index contributed by atoms with van der Waals surface area (Å²) in [6.45, 7) is 4.38. The third-order valence-electron chi connectivity index (χ3n) is 5.91. The summed E-state index contributed by atoms with van der Waals surface area (Å²) in [5, 5.41) is 8.34. The normalized spacial score (nSPS) is 24.2. The fraction of sp³-hybridized carbons (Fsp3) is 0.409. The molecule has 7 nitrogen and oxygen atoms in total. The van der Waals surface area contributed by atoms with Crippen LogP contribution in [0.3, 0.4) is 0 Å². The first kappa shape index (κ1) is 18.3. The van der Waals surface area contributed by atoms with E-state index in [0.29, 0.717) is 17.6 Å². The van der Waals surface area contributed by atoms with Crippen LogP contribution in [0.15, 0.2) is 41.1 Å². The maximum atomic E-state index is 12.6. The van der Waals surface area contributed by atoms with Gasteiger partial charge < -0.3 is 19.8 Å². The highest BCUT2D eigenvalue weighted by Gasteiger charge is 2.40. The second kappa shape index (κ2) is 7.57. The van der Waals surface area contributed by atoms with E-state index in [0.717, 1.165) is 54.6 Å². The minimum absolute atomic E-state index is 0.0338. The number of benzene rings is 1. The van der Waals surface area contributed by atoms with Crippen LogP contribution in [0.25, 0.3) is 22.1 Å². The Morgan fingerprint density at radius 3 is 2.83 bits per heavy atom. The lowest BCUT2D eigenvalue weighted by Gasteiger charge is -2.40. The Kier molecular flexibility index (Phi) is 4.77. The largest absolute Gasteiger partial charge is 0.441 e. The summed E-state index contributed by atoms with van der Waals surface area (Å²) >= 11 is 0. The molecule has 5 rings (SSSR count). The minimum atomic E-state index is 0.0338. The van der Waals surface area contributed by atoms with Crippen LogP contribution in [0.1, 0.15) is 18.7 Å². The lowest BCUT2D eigenvalue weighted by Crippen LogP contribution is -2.48. The van der Waals surface area contributed by atoms with Gasteiger partial charge in [-0.15, -0.1) is 0 Å². The maximum Gasteiger partial charge on any atom is 0.228 e. The van der Waals surface area contributed by atoms with Gasteiger partial charge in [0.2, 0.25) is 5.91 Å². The van der Waals surface area contributed by atoms with Gasteiger partial charge in [0.1, 0.15) is 5.82 Å². The Bertz CT molecular complexity index is 1040. The van der Waals surface area contributed by atoms with Crippen molar-refractivity contribution < 1.29 is 13.9 Å². The number of anilines is 1. The van der Waals surface area contributed by atoms with Gasteiger partial charge in [-0.05, 0) is 36.3 Å². The van der Waals surface area contributed by atoms with E-state index < -0.39 is 0 Å². The van der Waals surface area contributed by atoms with Gasteiger partial charge in [-0.2, -0.15) is 0 Å². The number of hydrogen-bond acceptors (Lipinski definition) is 6. The first-order chi connectivity index (χ1) is 14.2. The number of oxazole rings is 1. The monoisotopic (exact) mass is 392 g/mol. The lowest BCUT2D eigenvalue weighted by molar-refractivity contribution is -0.127. The molecule has 1 aliphatic carbocycles. The SMILES string of the molecule is Cc1ncc(-c2ccc3cnc(NC(=O)[C@H]4C[C@H](C5CNCCO5)C4)cc3c2)o1. The topological polar surface area (TPSA) is 89.3 Å². The van der Waals surface area contributed by atoms with E-state index >= 15 is 0 Å². The smallest absolute Gasteiger partial charge is 0.228 e. The fourth-order valence-corrected chi connectivity index (χ4v) is 4.15. The van der Waals surface area contributed by atoms with Gasteiger partial charge in [0, 0.05) is 43.1 Å². The molecule has 1 amide bonds. The molecule has 0 spiro atoms. The number of hydrogen-bond donors (Lipinski definition) is 2. The second-order valence-electron chi connectivity index (χ2n) is 7.91. The van der Waals surface area contributed by atoms with Gasteiger partial charge >= 0.3 is 0 Å². The zero-order valence-corrected chi connectivity index (χ0v) is 16.4. The van der Waals surface area contributed by atoms with E-state index in [1.54, 1.807) is 12.4 Å². The Hall–Kier alpha value is -2.77. The summed E-state index contributed by atoms with van der Waals surface area (Å²) in [7, 11) is 0. The molecule has 1 aromatic carbocycles. The third-order valence-corrected chi connectivity index (χ3v) is 5.91. The van der Waals surface area contributed by atoms with Gasteiger partial charge in [-0.1, -0.05) is 12.1 Å². The van der Waals surface area contributed by atoms with Crippen LogP contribution in [0.4, 0.5) is 5.82 Å². The van der Waals surface area contributed by atoms with Gasteiger partial charge in [-0.3, -0.25) is 4.79 Å². The number of amides is 1. The molecule has 29 heavy (non-hydrogen) atoms. The van der Waals surface area contributed by atoms with Crippen LogP contribution in [-0.2, 0) is 9.53 Å². The molecule has 1 unspecified atom stereocenters. The highest BCUT2D eigenvalue weighted by atomic mass is 16.5. The molecular weight excluding hydrogens is 368 g/mol. The van der Waals surface area contributed by atoms with Gasteiger partial charge in [0.25, 0.3) is 0 Å². The standard InChI is InChI=1S/C22H24N4O3/c1-13-24-12-20(29-13)14-2-3-15-10-25-21(9-16(15)6-14)26-22(27)18-7-17(8-18)19-11-23-4-5-28-19/h2-3,6,9-10,12,17-19,23H,4-5,7-8,11H2,1H3,(H,25,26,27)/t17-,18-,19?. The predicted molar refractivity (Wildman–Crippen MR) is 109 cm³/mol. The first-order valence-electron chi connectivity index (χ1n) is 10.1. The predicted octanol–water partition coefficient (Wildman–Crippen LogP) is 3.15. The van der Waals surface area contributed by atoms with Gasteiger partial charge in [-0.25, -0.2) is 9.97 Å². The number of carbonyl (C=O) groups is 1. The van der Waals surface area contributed by atoms with Crippen LogP contribution in [-0.4, -0.2) is 41.7 Å². The zero-order chi connectivity index (χ0) is 19.8. The third kappa shape index (κ3) is 3.75. The minimum Gasteiger partial charge on any atom is -0.441 e. The number of nitrogens with one attached hydrogen (secondary N) is 2. The Balaban J connectivity index is 1.26. The van der Waals surface area contributed by atoms with Crippen LogP contribution in [0.2, 0.25) is 0 Å². The quantitative estimate of drug-likeness (QED) is 0.709. The van der Waals surface area contributed by atoms with Crippen molar-refractivity contribution in [2.24, 2.45) is 11.8 Å². The number of ether oxygens (including phenoxy) is 1. The van der Waals surface area contributed by atoms with Gasteiger partial charge in [0.15, 0.2) is 11.7 Å². The number of aromatic nitrogens is 2. The number of morpholine rings is 1.